The van der Waals surface area contributed by atoms with Crippen LogP contribution in [0.25, 0.3) is 11.6 Å². The van der Waals surface area contributed by atoms with Crippen LogP contribution in [0, 0.1) is 0 Å². The lowest BCUT2D eigenvalue weighted by molar-refractivity contribution is 0.352. The van der Waals surface area contributed by atoms with E-state index in [-0.39, 0.29) is 6.04 Å². The van der Waals surface area contributed by atoms with Gasteiger partial charge < -0.3 is 14.6 Å². The fourth-order valence-electron chi connectivity index (χ4n) is 3.23. The molecule has 4 heterocycles. The Hall–Kier alpha value is -2.74. The first kappa shape index (κ1) is 16.7. The first-order valence-electron chi connectivity index (χ1n) is 8.90. The largest absolute Gasteiger partial charge is 0.461 e. The van der Waals surface area contributed by atoms with Crippen molar-refractivity contribution >= 4 is 5.82 Å². The lowest BCUT2D eigenvalue weighted by atomic mass is 10.1. The molecule has 1 N–H and O–H groups in total. The summed E-state index contributed by atoms with van der Waals surface area (Å²) in [5, 5.41) is 7.73. The van der Waals surface area contributed by atoms with E-state index in [1.807, 2.05) is 16.8 Å². The minimum Gasteiger partial charge on any atom is -0.461 e. The van der Waals surface area contributed by atoms with E-state index in [9.17, 15) is 0 Å². The average Bonchev–Trinajstić information content (AvgIpc) is 3.29. The van der Waals surface area contributed by atoms with Crippen molar-refractivity contribution in [3.05, 3.63) is 42.3 Å². The Bertz CT molecular complexity index is 845. The molecule has 0 saturated carbocycles. The summed E-state index contributed by atoms with van der Waals surface area (Å²) in [6.45, 7) is 4.83. The highest BCUT2D eigenvalue weighted by molar-refractivity contribution is 5.56. The number of anilines is 1. The molecule has 0 saturated heterocycles. The van der Waals surface area contributed by atoms with E-state index < -0.39 is 0 Å². The number of aromatic nitrogens is 5. The molecule has 3 aromatic rings. The van der Waals surface area contributed by atoms with Gasteiger partial charge in [-0.2, -0.15) is 5.10 Å². The Labute approximate surface area is 152 Å². The minimum atomic E-state index is 0.154. The number of nitrogens with one attached hydrogen (secondary N) is 1. The minimum absolute atomic E-state index is 0.154. The van der Waals surface area contributed by atoms with Crippen molar-refractivity contribution in [2.45, 2.75) is 32.4 Å². The van der Waals surface area contributed by atoms with Gasteiger partial charge in [-0.1, -0.05) is 0 Å². The van der Waals surface area contributed by atoms with Gasteiger partial charge in [0.1, 0.15) is 18.5 Å². The van der Waals surface area contributed by atoms with Crippen LogP contribution in [0.5, 0.6) is 0 Å². The molecule has 0 amide bonds. The number of hydrogen-bond acceptors (Lipinski definition) is 7. The van der Waals surface area contributed by atoms with E-state index >= 15 is 0 Å². The molecule has 26 heavy (non-hydrogen) atoms. The van der Waals surface area contributed by atoms with Crippen LogP contribution in [0.2, 0.25) is 0 Å². The molecule has 1 aliphatic heterocycles. The van der Waals surface area contributed by atoms with E-state index in [2.05, 4.69) is 34.3 Å². The second-order valence-corrected chi connectivity index (χ2v) is 6.76. The van der Waals surface area contributed by atoms with Crippen molar-refractivity contribution in [3.63, 3.8) is 0 Å². The summed E-state index contributed by atoms with van der Waals surface area (Å²) < 4.78 is 7.34. The first-order valence-corrected chi connectivity index (χ1v) is 8.90. The lowest BCUT2D eigenvalue weighted by Crippen LogP contribution is -2.24. The fourth-order valence-corrected chi connectivity index (χ4v) is 3.23. The van der Waals surface area contributed by atoms with Gasteiger partial charge in [0.2, 0.25) is 0 Å². The lowest BCUT2D eigenvalue weighted by Gasteiger charge is -2.19. The summed E-state index contributed by atoms with van der Waals surface area (Å²) in [4.78, 5) is 15.9. The molecule has 4 rings (SSSR count). The maximum Gasteiger partial charge on any atom is 0.197 e. The summed E-state index contributed by atoms with van der Waals surface area (Å²) in [6, 6.07) is 3.91. The fraction of sp³-hybridized carbons (Fsp3) is 0.444. The van der Waals surface area contributed by atoms with E-state index in [0.717, 1.165) is 44.0 Å². The number of rotatable bonds is 5. The van der Waals surface area contributed by atoms with E-state index in [4.69, 9.17) is 14.4 Å². The number of nitrogens with zero attached hydrogens (tertiary/aromatic N) is 6. The highest BCUT2D eigenvalue weighted by Gasteiger charge is 2.21. The van der Waals surface area contributed by atoms with Crippen LogP contribution in [-0.4, -0.2) is 55.8 Å². The van der Waals surface area contributed by atoms with Gasteiger partial charge in [-0.25, -0.2) is 15.0 Å². The molecule has 0 bridgehead atoms. The van der Waals surface area contributed by atoms with E-state index in [1.54, 1.807) is 18.9 Å². The molecule has 1 atom stereocenters. The predicted octanol–water partition coefficient (Wildman–Crippen LogP) is 1.86. The predicted molar refractivity (Wildman–Crippen MR) is 97.7 cm³/mol. The maximum absolute atomic E-state index is 5.52. The van der Waals surface area contributed by atoms with Gasteiger partial charge in [-0.05, 0) is 32.5 Å². The third-order valence-corrected chi connectivity index (χ3v) is 4.62. The Balaban J connectivity index is 1.66. The molecule has 0 aromatic carbocycles. The molecular weight excluding hydrogens is 330 g/mol. The van der Waals surface area contributed by atoms with Gasteiger partial charge in [0, 0.05) is 31.1 Å². The molecule has 1 aliphatic rings. The van der Waals surface area contributed by atoms with Crippen LogP contribution in [0.15, 0.2) is 35.5 Å². The number of fused-ring (bicyclic) bond motifs is 1. The van der Waals surface area contributed by atoms with Crippen LogP contribution in [-0.2, 0) is 19.4 Å². The van der Waals surface area contributed by atoms with Crippen LogP contribution in [0.4, 0.5) is 5.82 Å². The van der Waals surface area contributed by atoms with Crippen molar-refractivity contribution in [1.29, 1.82) is 0 Å². The molecule has 136 valence electrons. The highest BCUT2D eigenvalue weighted by Crippen LogP contribution is 2.26. The normalized spacial score (nSPS) is 16.1. The number of hydrogen-bond donors (Lipinski definition) is 1. The van der Waals surface area contributed by atoms with Gasteiger partial charge in [0.05, 0.1) is 18.5 Å². The molecule has 0 spiro atoms. The van der Waals surface area contributed by atoms with Gasteiger partial charge in [-0.15, -0.1) is 0 Å². The topological polar surface area (TPSA) is 84.9 Å². The molecule has 3 aromatic heterocycles. The summed E-state index contributed by atoms with van der Waals surface area (Å²) >= 11 is 0. The van der Waals surface area contributed by atoms with Crippen molar-refractivity contribution < 1.29 is 4.42 Å². The Morgan fingerprint density at radius 1 is 1.27 bits per heavy atom. The van der Waals surface area contributed by atoms with E-state index in [0.29, 0.717) is 11.6 Å². The molecule has 8 heteroatoms. The second kappa shape index (κ2) is 7.25. The summed E-state index contributed by atoms with van der Waals surface area (Å²) in [7, 11) is 2.15. The number of furan rings is 1. The Morgan fingerprint density at radius 3 is 2.92 bits per heavy atom. The first-order chi connectivity index (χ1) is 12.7. The Morgan fingerprint density at radius 2 is 2.15 bits per heavy atom. The molecule has 0 fully saturated rings. The van der Waals surface area contributed by atoms with Crippen LogP contribution < -0.4 is 5.32 Å². The standard InChI is InChI=1S/C18H23N7O/c1-13(10-25-12-19-11-20-25)21-17-14-5-7-24(2)8-6-15(14)22-18(23-17)16-4-3-9-26-16/h3-4,9,11-13H,5-8,10H2,1-2H3,(H,21,22,23)/t13-/m1/s1. The quantitative estimate of drug-likeness (QED) is 0.749. The highest BCUT2D eigenvalue weighted by atomic mass is 16.3. The van der Waals surface area contributed by atoms with Crippen molar-refractivity contribution in [3.8, 4) is 11.6 Å². The average molecular weight is 353 g/mol. The third-order valence-electron chi connectivity index (χ3n) is 4.62. The van der Waals surface area contributed by atoms with Crippen molar-refractivity contribution in [1.82, 2.24) is 29.6 Å². The van der Waals surface area contributed by atoms with Crippen molar-refractivity contribution in [2.75, 3.05) is 25.5 Å². The molecule has 0 radical (unpaired) electrons. The zero-order valence-electron chi connectivity index (χ0n) is 15.1. The van der Waals surface area contributed by atoms with Crippen LogP contribution in [0.1, 0.15) is 18.2 Å². The van der Waals surface area contributed by atoms with E-state index in [1.165, 1.54) is 5.56 Å². The number of likely N-dealkylation sites (N-methyl/N-ethyl adjacent to an activating group) is 1. The van der Waals surface area contributed by atoms with Crippen molar-refractivity contribution in [2.24, 2.45) is 0 Å². The SMILES string of the molecule is C[C@H](Cn1cncn1)Nc1nc(-c2ccco2)nc2c1CCN(C)CC2. The van der Waals surface area contributed by atoms with Gasteiger partial charge in [0.15, 0.2) is 11.6 Å². The summed E-state index contributed by atoms with van der Waals surface area (Å²) in [5.74, 6) is 2.22. The van der Waals surface area contributed by atoms with Gasteiger partial charge >= 0.3 is 0 Å². The molecular formula is C18H23N7O. The maximum atomic E-state index is 5.52. The Kier molecular flexibility index (Phi) is 4.66. The van der Waals surface area contributed by atoms with Crippen LogP contribution in [0.3, 0.4) is 0 Å². The zero-order valence-corrected chi connectivity index (χ0v) is 15.1. The molecule has 0 unspecified atom stereocenters. The molecule has 8 nitrogen and oxygen atoms in total. The smallest absolute Gasteiger partial charge is 0.197 e. The zero-order chi connectivity index (χ0) is 17.9. The third kappa shape index (κ3) is 3.60. The van der Waals surface area contributed by atoms with Gasteiger partial charge in [-0.3, -0.25) is 4.68 Å². The van der Waals surface area contributed by atoms with Crippen LogP contribution >= 0.6 is 0 Å². The second-order valence-electron chi connectivity index (χ2n) is 6.76. The van der Waals surface area contributed by atoms with Gasteiger partial charge in [0.25, 0.3) is 0 Å². The summed E-state index contributed by atoms with van der Waals surface area (Å²) in [5.41, 5.74) is 2.31. The monoisotopic (exact) mass is 353 g/mol. The summed E-state index contributed by atoms with van der Waals surface area (Å²) in [6.07, 6.45) is 6.77. The molecule has 0 aliphatic carbocycles.